The first-order chi connectivity index (χ1) is 8.04. The zero-order chi connectivity index (χ0) is 12.5. The van der Waals surface area contributed by atoms with E-state index in [0.717, 1.165) is 12.8 Å². The second kappa shape index (κ2) is 5.22. The Hall–Kier alpha value is -0.170. The zero-order valence-corrected chi connectivity index (χ0v) is 11.0. The average Bonchev–Trinajstić information content (AvgIpc) is 2.53. The average molecular weight is 263 g/mol. The summed E-state index contributed by atoms with van der Waals surface area (Å²) in [5, 5.41) is 9.64. The number of nitrogens with zero attached hydrogens (tertiary/aromatic N) is 1. The summed E-state index contributed by atoms with van der Waals surface area (Å²) < 4.78 is 31.1. The lowest BCUT2D eigenvalue weighted by Crippen LogP contribution is -2.49. The molecule has 0 radical (unpaired) electrons. The summed E-state index contributed by atoms with van der Waals surface area (Å²) in [5.74, 6) is 0.0595. The van der Waals surface area contributed by atoms with Gasteiger partial charge in [-0.15, -0.1) is 0 Å². The third kappa shape index (κ3) is 2.81. The molecule has 2 aliphatic rings. The second-order valence-electron chi connectivity index (χ2n) is 4.85. The number of piperidine rings is 1. The first kappa shape index (κ1) is 13.3. The monoisotopic (exact) mass is 263 g/mol. The number of hydrogen-bond acceptors (Lipinski definition) is 4. The van der Waals surface area contributed by atoms with Crippen molar-refractivity contribution in [3.05, 3.63) is 0 Å². The van der Waals surface area contributed by atoms with Crippen molar-refractivity contribution in [3.8, 4) is 0 Å². The van der Waals surface area contributed by atoms with Crippen molar-refractivity contribution in [3.63, 3.8) is 0 Å². The normalized spacial score (nSPS) is 34.1. The van der Waals surface area contributed by atoms with Gasteiger partial charge in [-0.05, 0) is 32.6 Å². The number of fused-ring (bicyclic) bond motifs is 2. The van der Waals surface area contributed by atoms with E-state index in [9.17, 15) is 13.5 Å². The highest BCUT2D eigenvalue weighted by Crippen LogP contribution is 2.37. The van der Waals surface area contributed by atoms with E-state index < -0.39 is 10.0 Å². The number of rotatable bonds is 5. The molecule has 0 spiro atoms. The fraction of sp³-hybridized carbons (Fsp3) is 1.00. The van der Waals surface area contributed by atoms with Crippen molar-refractivity contribution in [2.75, 3.05) is 19.0 Å². The summed E-state index contributed by atoms with van der Waals surface area (Å²) in [6, 6.07) is 0.0192. The zero-order valence-electron chi connectivity index (χ0n) is 10.2. The maximum atomic E-state index is 12.2. The summed E-state index contributed by atoms with van der Waals surface area (Å²) in [6.07, 6.45) is 2.62. The molecule has 2 saturated heterocycles. The van der Waals surface area contributed by atoms with E-state index in [0.29, 0.717) is 19.4 Å². The molecule has 2 fully saturated rings. The van der Waals surface area contributed by atoms with Crippen molar-refractivity contribution in [2.45, 2.75) is 50.8 Å². The van der Waals surface area contributed by atoms with Gasteiger partial charge in [-0.1, -0.05) is 0 Å². The molecule has 6 heteroatoms. The van der Waals surface area contributed by atoms with E-state index in [-0.39, 0.29) is 30.5 Å². The lowest BCUT2D eigenvalue weighted by molar-refractivity contribution is 0.0762. The number of hydrogen-bond donors (Lipinski definition) is 1. The summed E-state index contributed by atoms with van der Waals surface area (Å²) in [4.78, 5) is 0. The van der Waals surface area contributed by atoms with Gasteiger partial charge in [0, 0.05) is 18.7 Å². The van der Waals surface area contributed by atoms with Gasteiger partial charge in [-0.25, -0.2) is 8.42 Å². The summed E-state index contributed by atoms with van der Waals surface area (Å²) >= 11 is 0. The molecule has 2 rings (SSSR count). The van der Waals surface area contributed by atoms with Gasteiger partial charge in [0.1, 0.15) is 0 Å². The van der Waals surface area contributed by atoms with Crippen molar-refractivity contribution in [1.29, 1.82) is 0 Å². The summed E-state index contributed by atoms with van der Waals surface area (Å²) in [5.41, 5.74) is 0. The molecule has 0 aromatic rings. The Balaban J connectivity index is 2.02. The van der Waals surface area contributed by atoms with Gasteiger partial charge < -0.3 is 9.84 Å². The minimum absolute atomic E-state index is 0.00961. The van der Waals surface area contributed by atoms with Crippen LogP contribution < -0.4 is 0 Å². The Kier molecular flexibility index (Phi) is 4.07. The van der Waals surface area contributed by atoms with Crippen molar-refractivity contribution >= 4 is 10.0 Å². The lowest BCUT2D eigenvalue weighted by atomic mass is 10.0. The Morgan fingerprint density at radius 3 is 2.41 bits per heavy atom. The first-order valence-corrected chi connectivity index (χ1v) is 7.92. The molecule has 0 saturated carbocycles. The standard InChI is InChI=1S/C11H21NO4S/c1-2-16-5-6-17(14,15)12-9-3-4-10(12)8-11(13)7-9/h9-11,13H,2-8H2,1H3. The summed E-state index contributed by atoms with van der Waals surface area (Å²) in [6.45, 7) is 2.66. The van der Waals surface area contributed by atoms with Crippen LogP contribution in [0.25, 0.3) is 0 Å². The molecule has 1 N–H and O–H groups in total. The van der Waals surface area contributed by atoms with Crippen LogP contribution >= 0.6 is 0 Å². The first-order valence-electron chi connectivity index (χ1n) is 6.31. The Morgan fingerprint density at radius 1 is 1.29 bits per heavy atom. The number of ether oxygens (including phenoxy) is 1. The Bertz CT molecular complexity index is 342. The molecule has 2 heterocycles. The van der Waals surface area contributed by atoms with Crippen LogP contribution in [0, 0.1) is 0 Å². The van der Waals surface area contributed by atoms with Gasteiger partial charge in [-0.3, -0.25) is 0 Å². The minimum Gasteiger partial charge on any atom is -0.393 e. The van der Waals surface area contributed by atoms with Crippen LogP contribution in [0.5, 0.6) is 0 Å². The molecule has 100 valence electrons. The second-order valence-corrected chi connectivity index (χ2v) is 6.85. The third-order valence-corrected chi connectivity index (χ3v) is 5.57. The highest BCUT2D eigenvalue weighted by Gasteiger charge is 2.45. The SMILES string of the molecule is CCOCCS(=O)(=O)N1C2CCC1CC(O)C2. The predicted octanol–water partition coefficient (Wildman–Crippen LogP) is 0.340. The van der Waals surface area contributed by atoms with Crippen molar-refractivity contribution in [2.24, 2.45) is 0 Å². The van der Waals surface area contributed by atoms with Crippen LogP contribution in [0.4, 0.5) is 0 Å². The molecule has 0 amide bonds. The van der Waals surface area contributed by atoms with Crippen LogP contribution in [0.2, 0.25) is 0 Å². The van der Waals surface area contributed by atoms with E-state index in [1.54, 1.807) is 4.31 Å². The van der Waals surface area contributed by atoms with Crippen LogP contribution in [0.15, 0.2) is 0 Å². The molecule has 2 aliphatic heterocycles. The molecular formula is C11H21NO4S. The smallest absolute Gasteiger partial charge is 0.216 e. The van der Waals surface area contributed by atoms with Gasteiger partial charge in [0.05, 0.1) is 18.5 Å². The lowest BCUT2D eigenvalue weighted by Gasteiger charge is -2.36. The third-order valence-electron chi connectivity index (χ3n) is 3.65. The van der Waals surface area contributed by atoms with Crippen molar-refractivity contribution < 1.29 is 18.3 Å². The van der Waals surface area contributed by atoms with Gasteiger partial charge in [0.2, 0.25) is 10.0 Å². The maximum Gasteiger partial charge on any atom is 0.216 e. The van der Waals surface area contributed by atoms with Gasteiger partial charge in [0.15, 0.2) is 0 Å². The van der Waals surface area contributed by atoms with E-state index in [4.69, 9.17) is 4.74 Å². The molecule has 0 aliphatic carbocycles. The van der Waals surface area contributed by atoms with Crippen LogP contribution in [0.3, 0.4) is 0 Å². The topological polar surface area (TPSA) is 66.8 Å². The van der Waals surface area contributed by atoms with E-state index in [1.807, 2.05) is 6.92 Å². The fourth-order valence-corrected chi connectivity index (χ4v) is 4.80. The highest BCUT2D eigenvalue weighted by molar-refractivity contribution is 7.89. The Labute approximate surface area is 103 Å². The van der Waals surface area contributed by atoms with Crippen LogP contribution in [-0.2, 0) is 14.8 Å². The van der Waals surface area contributed by atoms with Crippen molar-refractivity contribution in [1.82, 2.24) is 4.31 Å². The van der Waals surface area contributed by atoms with Crippen LogP contribution in [-0.4, -0.2) is 55.0 Å². The number of aliphatic hydroxyl groups excluding tert-OH is 1. The molecular weight excluding hydrogens is 242 g/mol. The predicted molar refractivity (Wildman–Crippen MR) is 64.2 cm³/mol. The van der Waals surface area contributed by atoms with E-state index in [1.165, 1.54) is 0 Å². The summed E-state index contributed by atoms with van der Waals surface area (Å²) in [7, 11) is -3.22. The quantitative estimate of drug-likeness (QED) is 0.726. The van der Waals surface area contributed by atoms with E-state index >= 15 is 0 Å². The van der Waals surface area contributed by atoms with Gasteiger partial charge >= 0.3 is 0 Å². The molecule has 0 aromatic heterocycles. The van der Waals surface area contributed by atoms with Gasteiger partial charge in [0.25, 0.3) is 0 Å². The molecule has 2 atom stereocenters. The number of sulfonamides is 1. The van der Waals surface area contributed by atoms with E-state index in [2.05, 4.69) is 0 Å². The van der Waals surface area contributed by atoms with Crippen LogP contribution in [0.1, 0.15) is 32.6 Å². The highest BCUT2D eigenvalue weighted by atomic mass is 32.2. The van der Waals surface area contributed by atoms with Gasteiger partial charge in [-0.2, -0.15) is 4.31 Å². The maximum absolute atomic E-state index is 12.2. The number of aliphatic hydroxyl groups is 1. The molecule has 2 unspecified atom stereocenters. The Morgan fingerprint density at radius 2 is 1.88 bits per heavy atom. The largest absolute Gasteiger partial charge is 0.393 e. The minimum atomic E-state index is -3.22. The molecule has 0 aromatic carbocycles. The molecule has 5 nitrogen and oxygen atoms in total. The fourth-order valence-electron chi connectivity index (χ4n) is 2.97. The molecule has 2 bridgehead atoms. The molecule has 17 heavy (non-hydrogen) atoms.